The Morgan fingerprint density at radius 3 is 2.81 bits per heavy atom. The van der Waals surface area contributed by atoms with Gasteiger partial charge in [0.1, 0.15) is 11.7 Å². The molecule has 5 heterocycles. The highest BCUT2D eigenvalue weighted by atomic mass is 32.2. The number of pyridine rings is 1. The average Bonchev–Trinajstić information content (AvgIpc) is 3.24. The normalized spacial score (nSPS) is 23.7. The highest BCUT2D eigenvalue weighted by Gasteiger charge is 2.57. The molecule has 2 bridgehead atoms. The maximum Gasteiger partial charge on any atom is 0.510 e. The number of hydrogen-bond acceptors (Lipinski definition) is 9. The van der Waals surface area contributed by atoms with Crippen LogP contribution < -0.4 is 15.2 Å². The largest absolute Gasteiger partial charge is 0.510 e. The minimum absolute atomic E-state index is 0.0795. The van der Waals surface area contributed by atoms with Crippen LogP contribution in [-0.4, -0.2) is 61.5 Å². The number of aromatic nitrogens is 1. The predicted octanol–water partition coefficient (Wildman–Crippen LogP) is 3.88. The lowest BCUT2D eigenvalue weighted by molar-refractivity contribution is -0.0278. The molecule has 218 valence electrons. The quantitative estimate of drug-likeness (QED) is 0.328. The average molecular weight is 598 g/mol. The van der Waals surface area contributed by atoms with Crippen LogP contribution in [-0.2, 0) is 19.7 Å². The highest BCUT2D eigenvalue weighted by Crippen LogP contribution is 2.60. The van der Waals surface area contributed by atoms with Gasteiger partial charge in [-0.05, 0) is 36.1 Å². The Hall–Kier alpha value is -4.10. The summed E-state index contributed by atoms with van der Waals surface area (Å²) in [6.07, 6.45) is 0.836. The Morgan fingerprint density at radius 2 is 1.98 bits per heavy atom. The molecular formula is C29H25F2N3O7S. The van der Waals surface area contributed by atoms with Crippen molar-refractivity contribution < 1.29 is 37.3 Å². The first-order chi connectivity index (χ1) is 20.4. The van der Waals surface area contributed by atoms with Gasteiger partial charge in [0.2, 0.25) is 18.0 Å². The second-order valence-corrected chi connectivity index (χ2v) is 11.5. The van der Waals surface area contributed by atoms with Gasteiger partial charge in [-0.25, -0.2) is 13.6 Å². The van der Waals surface area contributed by atoms with E-state index in [1.165, 1.54) is 24.0 Å². The van der Waals surface area contributed by atoms with Gasteiger partial charge in [0, 0.05) is 34.5 Å². The van der Waals surface area contributed by atoms with E-state index in [0.717, 1.165) is 23.6 Å². The van der Waals surface area contributed by atoms with Gasteiger partial charge in [-0.2, -0.15) is 0 Å². The molecule has 4 aliphatic heterocycles. The molecule has 42 heavy (non-hydrogen) atoms. The van der Waals surface area contributed by atoms with Crippen LogP contribution in [0, 0.1) is 11.6 Å². The molecule has 3 atom stereocenters. The summed E-state index contributed by atoms with van der Waals surface area (Å²) in [5.74, 6) is -2.61. The molecule has 1 fully saturated rings. The third kappa shape index (κ3) is 3.76. The van der Waals surface area contributed by atoms with Gasteiger partial charge in [0.25, 0.3) is 5.91 Å². The number of nitrogens with zero attached hydrogens (tertiary/aromatic N) is 3. The maximum absolute atomic E-state index is 15.7. The number of morpholine rings is 1. The van der Waals surface area contributed by atoms with E-state index in [4.69, 9.17) is 14.2 Å². The fourth-order valence-corrected chi connectivity index (χ4v) is 8.06. The van der Waals surface area contributed by atoms with E-state index >= 15 is 4.39 Å². The summed E-state index contributed by atoms with van der Waals surface area (Å²) < 4.78 is 52.8. The van der Waals surface area contributed by atoms with E-state index < -0.39 is 47.6 Å². The summed E-state index contributed by atoms with van der Waals surface area (Å²) in [5.41, 5.74) is -0.0352. The van der Waals surface area contributed by atoms with Gasteiger partial charge in [0.05, 0.1) is 20.3 Å². The number of amides is 1. The van der Waals surface area contributed by atoms with Gasteiger partial charge in [0.15, 0.2) is 17.3 Å². The standard InChI is InChI=1S/C29H25F2N3O7S/c1-38-28(37)41-15-40-26-19(35)9-11-33-25(26)27(36)32-12-13-39-14-22(32)34(33)29-10-8-21(42-20-5-3-2-4-16(20)29)23-17(29)6-7-18(30)24(23)31/h2-7,9,11,21-22H,8,10,12-15H2,1H3. The van der Waals surface area contributed by atoms with Gasteiger partial charge >= 0.3 is 6.16 Å². The molecule has 0 N–H and O–H groups in total. The Labute approximate surface area is 242 Å². The van der Waals surface area contributed by atoms with Crippen molar-refractivity contribution in [1.29, 1.82) is 0 Å². The SMILES string of the molecule is COC(=O)OCOc1c2n(ccc1=O)N(C13CCC(Sc4ccccc41)c1c3ccc(F)c1F)C1COCCN1C2=O. The minimum atomic E-state index is -1.09. The van der Waals surface area contributed by atoms with Crippen molar-refractivity contribution in [2.24, 2.45) is 0 Å². The van der Waals surface area contributed by atoms with Crippen molar-refractivity contribution in [3.05, 3.63) is 92.9 Å². The number of fused-ring (bicyclic) bond motifs is 3. The van der Waals surface area contributed by atoms with E-state index in [2.05, 4.69) is 4.74 Å². The van der Waals surface area contributed by atoms with Gasteiger partial charge in [-0.1, -0.05) is 24.3 Å². The van der Waals surface area contributed by atoms with Crippen LogP contribution in [0.5, 0.6) is 5.75 Å². The van der Waals surface area contributed by atoms with Crippen molar-refractivity contribution in [2.45, 2.75) is 34.7 Å². The van der Waals surface area contributed by atoms with Crippen LogP contribution in [0.2, 0.25) is 0 Å². The number of carbonyl (C=O) groups is 2. The summed E-state index contributed by atoms with van der Waals surface area (Å²) in [7, 11) is 1.13. The summed E-state index contributed by atoms with van der Waals surface area (Å²) in [6.45, 7) is -0.0372. The zero-order chi connectivity index (χ0) is 29.2. The monoisotopic (exact) mass is 597 g/mol. The Kier molecular flexibility index (Phi) is 6.39. The molecule has 8 rings (SSSR count). The zero-order valence-electron chi connectivity index (χ0n) is 22.4. The number of methoxy groups -OCH3 is 1. The third-order valence-corrected chi connectivity index (χ3v) is 9.69. The van der Waals surface area contributed by atoms with Crippen LogP contribution in [0.3, 0.4) is 0 Å². The summed E-state index contributed by atoms with van der Waals surface area (Å²) in [6, 6.07) is 11.7. The number of benzene rings is 2. The van der Waals surface area contributed by atoms with Crippen LogP contribution in [0.15, 0.2) is 58.4 Å². The fourth-order valence-electron chi connectivity index (χ4n) is 6.65. The molecular weight excluding hydrogens is 572 g/mol. The molecule has 13 heteroatoms. The van der Waals surface area contributed by atoms with Gasteiger partial charge < -0.3 is 23.8 Å². The highest BCUT2D eigenvalue weighted by molar-refractivity contribution is 7.99. The number of carbonyl (C=O) groups excluding carboxylic acids is 2. The molecule has 3 unspecified atom stereocenters. The molecule has 2 aromatic carbocycles. The molecule has 1 aromatic heterocycles. The Morgan fingerprint density at radius 1 is 1.14 bits per heavy atom. The van der Waals surface area contributed by atoms with Crippen molar-refractivity contribution in [3.63, 3.8) is 0 Å². The van der Waals surface area contributed by atoms with Crippen molar-refractivity contribution >= 4 is 23.8 Å². The molecule has 3 aromatic rings. The lowest BCUT2D eigenvalue weighted by Gasteiger charge is -2.57. The molecule has 10 nitrogen and oxygen atoms in total. The maximum atomic E-state index is 15.7. The summed E-state index contributed by atoms with van der Waals surface area (Å²) >= 11 is 1.49. The Bertz CT molecular complexity index is 1680. The topological polar surface area (TPSA) is 99.5 Å². The molecule has 1 saturated heterocycles. The van der Waals surface area contributed by atoms with Crippen LogP contribution in [0.1, 0.15) is 45.3 Å². The minimum Gasteiger partial charge on any atom is -0.451 e. The van der Waals surface area contributed by atoms with Crippen molar-refractivity contribution in [1.82, 2.24) is 9.58 Å². The number of hydrogen-bond donors (Lipinski definition) is 0. The predicted molar refractivity (Wildman–Crippen MR) is 145 cm³/mol. The molecule has 1 amide bonds. The summed E-state index contributed by atoms with van der Waals surface area (Å²) in [4.78, 5) is 41.2. The lowest BCUT2D eigenvalue weighted by atomic mass is 9.71. The van der Waals surface area contributed by atoms with E-state index in [1.54, 1.807) is 15.6 Å². The van der Waals surface area contributed by atoms with Crippen LogP contribution >= 0.6 is 11.8 Å². The van der Waals surface area contributed by atoms with Gasteiger partial charge in [-0.3, -0.25) is 19.3 Å². The first-order valence-corrected chi connectivity index (χ1v) is 14.3. The second kappa shape index (κ2) is 10.0. The van der Waals surface area contributed by atoms with E-state index in [1.807, 2.05) is 29.3 Å². The smallest absolute Gasteiger partial charge is 0.451 e. The van der Waals surface area contributed by atoms with E-state index in [9.17, 15) is 18.8 Å². The second-order valence-electron chi connectivity index (χ2n) is 10.3. The first-order valence-electron chi connectivity index (χ1n) is 13.4. The molecule has 1 aliphatic carbocycles. The van der Waals surface area contributed by atoms with Crippen LogP contribution in [0.4, 0.5) is 13.6 Å². The van der Waals surface area contributed by atoms with E-state index in [-0.39, 0.29) is 42.0 Å². The zero-order valence-corrected chi connectivity index (χ0v) is 23.2. The molecule has 0 saturated carbocycles. The molecule has 0 radical (unpaired) electrons. The lowest BCUT2D eigenvalue weighted by Crippen LogP contribution is -2.71. The summed E-state index contributed by atoms with van der Waals surface area (Å²) in [5, 5.41) is 1.62. The number of rotatable bonds is 4. The number of halogens is 2. The third-order valence-electron chi connectivity index (χ3n) is 8.32. The first kappa shape index (κ1) is 26.8. The number of thioether (sulfide) groups is 1. The molecule has 0 spiro atoms. The fraction of sp³-hybridized carbons (Fsp3) is 0.345. The van der Waals surface area contributed by atoms with E-state index in [0.29, 0.717) is 18.4 Å². The molecule has 5 aliphatic rings. The van der Waals surface area contributed by atoms with Crippen molar-refractivity contribution in [3.8, 4) is 5.75 Å². The van der Waals surface area contributed by atoms with Crippen LogP contribution in [0.25, 0.3) is 0 Å². The number of ether oxygens (including phenoxy) is 4. The van der Waals surface area contributed by atoms with Gasteiger partial charge in [-0.15, -0.1) is 11.8 Å². The van der Waals surface area contributed by atoms with Crippen molar-refractivity contribution in [2.75, 3.05) is 38.7 Å². The Balaban J connectivity index is 1.51.